The van der Waals surface area contributed by atoms with Crippen molar-refractivity contribution in [2.45, 2.75) is 20.4 Å². The Morgan fingerprint density at radius 3 is 2.89 bits per heavy atom. The lowest BCUT2D eigenvalue weighted by Gasteiger charge is -2.11. The molecule has 0 radical (unpaired) electrons. The number of nitrogens with one attached hydrogen (secondary N) is 1. The van der Waals surface area contributed by atoms with Gasteiger partial charge in [-0.25, -0.2) is 9.97 Å². The van der Waals surface area contributed by atoms with Crippen LogP contribution in [0.4, 0.5) is 5.82 Å². The molecule has 2 heterocycles. The van der Waals surface area contributed by atoms with E-state index < -0.39 is 5.91 Å². The van der Waals surface area contributed by atoms with Gasteiger partial charge in [-0.1, -0.05) is 0 Å². The Hall–Kier alpha value is -2.44. The third-order valence-electron chi connectivity index (χ3n) is 2.83. The van der Waals surface area contributed by atoms with E-state index in [9.17, 15) is 4.79 Å². The highest BCUT2D eigenvalue weighted by Crippen LogP contribution is 2.16. The molecule has 2 aromatic rings. The fraction of sp³-hybridized carbons (Fsp3) is 0.333. The summed E-state index contributed by atoms with van der Waals surface area (Å²) in [6, 6.07) is 1.75. The quantitative estimate of drug-likeness (QED) is 0.815. The van der Waals surface area contributed by atoms with Crippen LogP contribution < -0.4 is 11.1 Å². The molecular formula is C12H16N6O. The molecule has 19 heavy (non-hydrogen) atoms. The molecule has 0 aromatic carbocycles. The van der Waals surface area contributed by atoms with Gasteiger partial charge < -0.3 is 11.1 Å². The second-order valence-electron chi connectivity index (χ2n) is 4.24. The first kappa shape index (κ1) is 13.0. The zero-order valence-electron chi connectivity index (χ0n) is 10.9. The number of hydrogen-bond donors (Lipinski definition) is 2. The molecule has 2 aromatic heterocycles. The van der Waals surface area contributed by atoms with E-state index in [1.807, 2.05) is 13.8 Å². The van der Waals surface area contributed by atoms with Gasteiger partial charge in [-0.05, 0) is 25.5 Å². The van der Waals surface area contributed by atoms with Gasteiger partial charge in [0.15, 0.2) is 0 Å². The van der Waals surface area contributed by atoms with Crippen LogP contribution in [0.5, 0.6) is 0 Å². The molecule has 0 aliphatic carbocycles. The van der Waals surface area contributed by atoms with Crippen LogP contribution >= 0.6 is 0 Å². The summed E-state index contributed by atoms with van der Waals surface area (Å²) in [5, 5.41) is 7.09. The van der Waals surface area contributed by atoms with E-state index in [1.54, 1.807) is 17.1 Å². The lowest BCUT2D eigenvalue weighted by molar-refractivity contribution is 0.100. The number of nitrogens with two attached hydrogens (primary N) is 1. The first-order chi connectivity index (χ1) is 9.08. The third kappa shape index (κ3) is 3.06. The number of carbonyl (C=O) groups excluding carboxylic acids is 1. The van der Waals surface area contributed by atoms with Crippen LogP contribution in [0.2, 0.25) is 0 Å². The Kier molecular flexibility index (Phi) is 3.74. The summed E-state index contributed by atoms with van der Waals surface area (Å²) in [4.78, 5) is 19.6. The van der Waals surface area contributed by atoms with Crippen molar-refractivity contribution in [3.63, 3.8) is 0 Å². The van der Waals surface area contributed by atoms with Crippen LogP contribution in [0.15, 0.2) is 18.7 Å². The van der Waals surface area contributed by atoms with Crippen molar-refractivity contribution in [1.82, 2.24) is 19.7 Å². The molecule has 3 N–H and O–H groups in total. The SMILES string of the molecule is Cc1cc(C(N)=O)c(NCCn2cncn2)nc1C. The number of anilines is 1. The fourth-order valence-electron chi connectivity index (χ4n) is 1.67. The second kappa shape index (κ2) is 5.47. The minimum atomic E-state index is -0.487. The number of amides is 1. The maximum absolute atomic E-state index is 11.4. The summed E-state index contributed by atoms with van der Waals surface area (Å²) >= 11 is 0. The summed E-state index contributed by atoms with van der Waals surface area (Å²) < 4.78 is 1.69. The Morgan fingerprint density at radius 1 is 1.47 bits per heavy atom. The number of primary amides is 1. The van der Waals surface area contributed by atoms with Crippen molar-refractivity contribution in [3.8, 4) is 0 Å². The maximum atomic E-state index is 11.4. The van der Waals surface area contributed by atoms with Gasteiger partial charge in [0.2, 0.25) is 0 Å². The number of nitrogens with zero attached hydrogens (tertiary/aromatic N) is 4. The number of aryl methyl sites for hydroxylation is 2. The standard InChI is InChI=1S/C12H16N6O/c1-8-5-10(11(13)19)12(17-9(8)2)15-3-4-18-7-14-6-16-18/h5-7H,3-4H2,1-2H3,(H2,13,19)(H,15,17). The molecule has 1 amide bonds. The van der Waals surface area contributed by atoms with Crippen molar-refractivity contribution in [2.24, 2.45) is 5.73 Å². The van der Waals surface area contributed by atoms with Crippen LogP contribution in [-0.4, -0.2) is 32.2 Å². The molecule has 7 heteroatoms. The van der Waals surface area contributed by atoms with Gasteiger partial charge in [0.25, 0.3) is 5.91 Å². The van der Waals surface area contributed by atoms with Crippen LogP contribution in [0, 0.1) is 13.8 Å². The number of aromatic nitrogens is 4. The van der Waals surface area contributed by atoms with Crippen LogP contribution in [0.3, 0.4) is 0 Å². The highest BCUT2D eigenvalue weighted by atomic mass is 16.1. The zero-order valence-corrected chi connectivity index (χ0v) is 10.9. The van der Waals surface area contributed by atoms with E-state index in [-0.39, 0.29) is 0 Å². The first-order valence-corrected chi connectivity index (χ1v) is 5.92. The largest absolute Gasteiger partial charge is 0.368 e. The molecular weight excluding hydrogens is 244 g/mol. The van der Waals surface area contributed by atoms with Crippen LogP contribution in [0.25, 0.3) is 0 Å². The topological polar surface area (TPSA) is 98.7 Å². The number of rotatable bonds is 5. The van der Waals surface area contributed by atoms with Gasteiger partial charge in [-0.2, -0.15) is 5.10 Å². The maximum Gasteiger partial charge on any atom is 0.252 e. The molecule has 0 aliphatic rings. The van der Waals surface area contributed by atoms with Crippen molar-refractivity contribution in [2.75, 3.05) is 11.9 Å². The van der Waals surface area contributed by atoms with E-state index in [2.05, 4.69) is 20.4 Å². The third-order valence-corrected chi connectivity index (χ3v) is 2.83. The lowest BCUT2D eigenvalue weighted by atomic mass is 10.1. The summed E-state index contributed by atoms with van der Waals surface area (Å²) in [5.41, 5.74) is 7.57. The molecule has 100 valence electrons. The highest BCUT2D eigenvalue weighted by Gasteiger charge is 2.11. The summed E-state index contributed by atoms with van der Waals surface area (Å²) in [5.74, 6) is 0.0228. The summed E-state index contributed by atoms with van der Waals surface area (Å²) in [6.45, 7) is 5.00. The number of pyridine rings is 1. The normalized spacial score (nSPS) is 10.4. The van der Waals surface area contributed by atoms with E-state index in [1.165, 1.54) is 6.33 Å². The predicted molar refractivity (Wildman–Crippen MR) is 70.7 cm³/mol. The minimum absolute atomic E-state index is 0.404. The van der Waals surface area contributed by atoms with Gasteiger partial charge in [-0.15, -0.1) is 0 Å². The van der Waals surface area contributed by atoms with Gasteiger partial charge >= 0.3 is 0 Å². The minimum Gasteiger partial charge on any atom is -0.368 e. The lowest BCUT2D eigenvalue weighted by Crippen LogP contribution is -2.19. The number of hydrogen-bond acceptors (Lipinski definition) is 5. The van der Waals surface area contributed by atoms with Gasteiger partial charge in [0, 0.05) is 12.2 Å². The highest BCUT2D eigenvalue weighted by molar-refractivity contribution is 5.97. The molecule has 0 aliphatic heterocycles. The van der Waals surface area contributed by atoms with E-state index in [4.69, 9.17) is 5.73 Å². The van der Waals surface area contributed by atoms with Gasteiger partial charge in [0.05, 0.1) is 12.1 Å². The molecule has 0 saturated carbocycles. The van der Waals surface area contributed by atoms with Crippen molar-refractivity contribution in [1.29, 1.82) is 0 Å². The molecule has 0 bridgehead atoms. The molecule has 0 atom stereocenters. The van der Waals surface area contributed by atoms with E-state index in [0.29, 0.717) is 24.5 Å². The van der Waals surface area contributed by atoms with Crippen molar-refractivity contribution in [3.05, 3.63) is 35.5 Å². The molecule has 0 fully saturated rings. The van der Waals surface area contributed by atoms with Gasteiger partial charge in [0.1, 0.15) is 18.5 Å². The Labute approximate surface area is 110 Å². The average molecular weight is 260 g/mol. The predicted octanol–water partition coefficient (Wildman–Crippen LogP) is 0.501. The monoisotopic (exact) mass is 260 g/mol. The van der Waals surface area contributed by atoms with Gasteiger partial charge in [-0.3, -0.25) is 9.48 Å². The fourth-order valence-corrected chi connectivity index (χ4v) is 1.67. The summed E-state index contributed by atoms with van der Waals surface area (Å²) in [7, 11) is 0. The molecule has 0 unspecified atom stereocenters. The Balaban J connectivity index is 2.10. The van der Waals surface area contributed by atoms with E-state index >= 15 is 0 Å². The zero-order chi connectivity index (χ0) is 13.8. The Bertz CT molecular complexity index is 578. The first-order valence-electron chi connectivity index (χ1n) is 5.92. The molecule has 0 spiro atoms. The van der Waals surface area contributed by atoms with Crippen LogP contribution in [0.1, 0.15) is 21.6 Å². The summed E-state index contributed by atoms with van der Waals surface area (Å²) in [6.07, 6.45) is 3.10. The van der Waals surface area contributed by atoms with Crippen molar-refractivity contribution < 1.29 is 4.79 Å². The van der Waals surface area contributed by atoms with E-state index in [0.717, 1.165) is 11.3 Å². The molecule has 0 saturated heterocycles. The molecule has 2 rings (SSSR count). The van der Waals surface area contributed by atoms with Crippen molar-refractivity contribution >= 4 is 11.7 Å². The van der Waals surface area contributed by atoms with Crippen LogP contribution in [-0.2, 0) is 6.54 Å². The average Bonchev–Trinajstić information content (AvgIpc) is 2.86. The Morgan fingerprint density at radius 2 is 2.26 bits per heavy atom. The second-order valence-corrected chi connectivity index (χ2v) is 4.24. The number of carbonyl (C=O) groups is 1. The smallest absolute Gasteiger partial charge is 0.252 e. The molecule has 7 nitrogen and oxygen atoms in total.